The fraction of sp³-hybridized carbons (Fsp3) is 1.00. The maximum atomic E-state index is 11.8. The van der Waals surface area contributed by atoms with Crippen LogP contribution < -0.4 is 4.72 Å². The number of hydrogen-bond donors (Lipinski definition) is 1. The lowest BCUT2D eigenvalue weighted by molar-refractivity contribution is 0.376. The van der Waals surface area contributed by atoms with Gasteiger partial charge < -0.3 is 0 Å². The van der Waals surface area contributed by atoms with E-state index >= 15 is 0 Å². The van der Waals surface area contributed by atoms with E-state index in [9.17, 15) is 8.42 Å². The summed E-state index contributed by atoms with van der Waals surface area (Å²) in [7, 11) is -2.99. The highest BCUT2D eigenvalue weighted by Crippen LogP contribution is 2.36. The van der Waals surface area contributed by atoms with E-state index in [4.69, 9.17) is 0 Å². The highest BCUT2D eigenvalue weighted by atomic mass is 32.2. The molecule has 0 aromatic carbocycles. The molecule has 1 N–H and O–H groups in total. The first-order valence-corrected chi connectivity index (χ1v) is 7.15. The summed E-state index contributed by atoms with van der Waals surface area (Å²) in [6, 6.07) is 0. The minimum Gasteiger partial charge on any atom is -0.212 e. The molecule has 14 heavy (non-hydrogen) atoms. The van der Waals surface area contributed by atoms with Crippen LogP contribution in [0.1, 0.15) is 51.9 Å². The quantitative estimate of drug-likeness (QED) is 0.780. The first-order chi connectivity index (χ1) is 6.58. The average Bonchev–Trinajstić information content (AvgIpc) is 2.90. The van der Waals surface area contributed by atoms with Gasteiger partial charge in [-0.25, -0.2) is 13.1 Å². The molecule has 2 saturated carbocycles. The highest BCUT2D eigenvalue weighted by molar-refractivity contribution is 7.90. The SMILES string of the molecule is CCC1(NS(=O)(=O)C2CC2)CCCC1. The van der Waals surface area contributed by atoms with E-state index in [1.165, 1.54) is 12.8 Å². The van der Waals surface area contributed by atoms with Crippen LogP contribution in [0.15, 0.2) is 0 Å². The fourth-order valence-electron chi connectivity index (χ4n) is 2.34. The van der Waals surface area contributed by atoms with Crippen molar-refractivity contribution < 1.29 is 8.42 Å². The Morgan fingerprint density at radius 3 is 2.29 bits per heavy atom. The number of nitrogens with one attached hydrogen (secondary N) is 1. The highest BCUT2D eigenvalue weighted by Gasteiger charge is 2.42. The summed E-state index contributed by atoms with van der Waals surface area (Å²) in [5.41, 5.74) is -0.0958. The Morgan fingerprint density at radius 1 is 1.29 bits per heavy atom. The molecular weight excluding hydrogens is 198 g/mol. The molecule has 0 bridgehead atoms. The molecule has 0 aliphatic heterocycles. The molecule has 0 aromatic rings. The molecule has 82 valence electrons. The summed E-state index contributed by atoms with van der Waals surface area (Å²) >= 11 is 0. The maximum absolute atomic E-state index is 11.8. The molecule has 0 amide bonds. The van der Waals surface area contributed by atoms with E-state index in [0.29, 0.717) is 0 Å². The van der Waals surface area contributed by atoms with Crippen LogP contribution in [-0.4, -0.2) is 19.2 Å². The van der Waals surface area contributed by atoms with E-state index < -0.39 is 10.0 Å². The molecule has 4 heteroatoms. The Balaban J connectivity index is 2.07. The summed E-state index contributed by atoms with van der Waals surface area (Å²) in [6.45, 7) is 2.08. The predicted molar refractivity (Wildman–Crippen MR) is 56.6 cm³/mol. The molecule has 0 saturated heterocycles. The van der Waals surface area contributed by atoms with Gasteiger partial charge in [0.25, 0.3) is 0 Å². The van der Waals surface area contributed by atoms with E-state index in [-0.39, 0.29) is 10.8 Å². The second-order valence-corrected chi connectivity index (χ2v) is 6.65. The van der Waals surface area contributed by atoms with Crippen LogP contribution >= 0.6 is 0 Å². The van der Waals surface area contributed by atoms with Crippen LogP contribution in [0.4, 0.5) is 0 Å². The largest absolute Gasteiger partial charge is 0.214 e. The number of sulfonamides is 1. The van der Waals surface area contributed by atoms with Gasteiger partial charge in [0, 0.05) is 5.54 Å². The summed E-state index contributed by atoms with van der Waals surface area (Å²) in [5.74, 6) is 0. The van der Waals surface area contributed by atoms with Gasteiger partial charge in [0.05, 0.1) is 5.25 Å². The Hall–Kier alpha value is -0.0900. The van der Waals surface area contributed by atoms with E-state index in [1.807, 2.05) is 0 Å². The lowest BCUT2D eigenvalue weighted by atomic mass is 9.96. The Morgan fingerprint density at radius 2 is 1.86 bits per heavy atom. The van der Waals surface area contributed by atoms with E-state index in [2.05, 4.69) is 11.6 Å². The summed E-state index contributed by atoms with van der Waals surface area (Å²) < 4.78 is 26.6. The topological polar surface area (TPSA) is 46.2 Å². The van der Waals surface area contributed by atoms with Gasteiger partial charge in [0.2, 0.25) is 10.0 Å². The smallest absolute Gasteiger partial charge is 0.212 e. The zero-order valence-electron chi connectivity index (χ0n) is 8.75. The van der Waals surface area contributed by atoms with Crippen molar-refractivity contribution in [3.05, 3.63) is 0 Å². The van der Waals surface area contributed by atoms with Crippen molar-refractivity contribution in [1.82, 2.24) is 4.72 Å². The van der Waals surface area contributed by atoms with Crippen LogP contribution in [0.2, 0.25) is 0 Å². The van der Waals surface area contributed by atoms with Crippen LogP contribution in [0, 0.1) is 0 Å². The Labute approximate surface area is 86.3 Å². The molecule has 0 spiro atoms. The van der Waals surface area contributed by atoms with E-state index in [0.717, 1.165) is 32.1 Å². The third kappa shape index (κ3) is 1.96. The van der Waals surface area contributed by atoms with Crippen molar-refractivity contribution in [2.24, 2.45) is 0 Å². The first kappa shape index (κ1) is 10.4. The first-order valence-electron chi connectivity index (χ1n) is 5.61. The molecule has 0 aromatic heterocycles. The van der Waals surface area contributed by atoms with Crippen LogP contribution in [-0.2, 0) is 10.0 Å². The lowest BCUT2D eigenvalue weighted by Crippen LogP contribution is -2.46. The maximum Gasteiger partial charge on any atom is 0.214 e. The van der Waals surface area contributed by atoms with Crippen molar-refractivity contribution in [2.45, 2.75) is 62.7 Å². The van der Waals surface area contributed by atoms with Gasteiger partial charge in [-0.2, -0.15) is 0 Å². The normalized spacial score (nSPS) is 26.6. The molecule has 0 heterocycles. The summed E-state index contributed by atoms with van der Waals surface area (Å²) in [5, 5.41) is -0.0773. The minimum atomic E-state index is -2.99. The molecule has 2 rings (SSSR count). The van der Waals surface area contributed by atoms with Gasteiger partial charge in [-0.3, -0.25) is 0 Å². The van der Waals surface area contributed by atoms with Crippen LogP contribution in [0.25, 0.3) is 0 Å². The average molecular weight is 217 g/mol. The molecular formula is C10H19NO2S. The van der Waals surface area contributed by atoms with Crippen molar-refractivity contribution in [3.8, 4) is 0 Å². The zero-order valence-corrected chi connectivity index (χ0v) is 9.57. The zero-order chi connectivity index (χ0) is 10.2. The Bertz CT molecular complexity index is 300. The number of rotatable bonds is 4. The third-order valence-corrected chi connectivity index (χ3v) is 5.63. The molecule has 0 radical (unpaired) electrons. The number of hydrogen-bond acceptors (Lipinski definition) is 2. The van der Waals surface area contributed by atoms with Crippen molar-refractivity contribution in [2.75, 3.05) is 0 Å². The van der Waals surface area contributed by atoms with Gasteiger partial charge in [-0.15, -0.1) is 0 Å². The van der Waals surface area contributed by atoms with Gasteiger partial charge in [0.1, 0.15) is 0 Å². The standard InChI is InChI=1S/C10H19NO2S/c1-2-10(7-3-4-8-10)11-14(12,13)9-5-6-9/h9,11H,2-8H2,1H3. The fourth-order valence-corrected chi connectivity index (χ4v) is 4.22. The third-order valence-electron chi connectivity index (χ3n) is 3.56. The van der Waals surface area contributed by atoms with Crippen molar-refractivity contribution in [3.63, 3.8) is 0 Å². The van der Waals surface area contributed by atoms with Crippen LogP contribution in [0.3, 0.4) is 0 Å². The molecule has 2 aliphatic carbocycles. The van der Waals surface area contributed by atoms with Gasteiger partial charge >= 0.3 is 0 Å². The summed E-state index contributed by atoms with van der Waals surface area (Å²) in [6.07, 6.45) is 7.02. The van der Waals surface area contributed by atoms with Gasteiger partial charge in [-0.05, 0) is 32.1 Å². The van der Waals surface area contributed by atoms with Crippen molar-refractivity contribution in [1.29, 1.82) is 0 Å². The van der Waals surface area contributed by atoms with Gasteiger partial charge in [0.15, 0.2) is 0 Å². The van der Waals surface area contributed by atoms with E-state index in [1.54, 1.807) is 0 Å². The predicted octanol–water partition coefficient (Wildman–Crippen LogP) is 1.79. The van der Waals surface area contributed by atoms with Crippen LogP contribution in [0.5, 0.6) is 0 Å². The second kappa shape index (κ2) is 3.49. The monoisotopic (exact) mass is 217 g/mol. The molecule has 2 fully saturated rings. The second-order valence-electron chi connectivity index (χ2n) is 4.69. The molecule has 0 unspecified atom stereocenters. The lowest BCUT2D eigenvalue weighted by Gasteiger charge is -2.28. The minimum absolute atomic E-state index is 0.0773. The van der Waals surface area contributed by atoms with Gasteiger partial charge in [-0.1, -0.05) is 19.8 Å². The van der Waals surface area contributed by atoms with Crippen molar-refractivity contribution >= 4 is 10.0 Å². The molecule has 3 nitrogen and oxygen atoms in total. The summed E-state index contributed by atoms with van der Waals surface area (Å²) in [4.78, 5) is 0. The molecule has 0 atom stereocenters. The molecule has 2 aliphatic rings. The Kier molecular flexibility index (Phi) is 2.60.